The summed E-state index contributed by atoms with van der Waals surface area (Å²) in [4.78, 5) is 0. The van der Waals surface area contributed by atoms with Gasteiger partial charge in [-0.2, -0.15) is 0 Å². The Bertz CT molecular complexity index is 782. The predicted octanol–water partition coefficient (Wildman–Crippen LogP) is 5.22. The third-order valence-corrected chi connectivity index (χ3v) is 4.49. The topological polar surface area (TPSA) is 9.23 Å². The first kappa shape index (κ1) is 14.0. The molecular weight excluding hydrogens is 280 g/mol. The zero-order chi connectivity index (χ0) is 15.8. The van der Waals surface area contributed by atoms with Crippen molar-refractivity contribution in [1.82, 2.24) is 0 Å². The minimum atomic E-state index is -0.124. The predicted molar refractivity (Wildman–Crippen MR) is 97.7 cm³/mol. The maximum absolute atomic E-state index is 6.30. The lowest BCUT2D eigenvalue weighted by Crippen LogP contribution is -2.24. The molecule has 2 aliphatic carbocycles. The molecule has 0 heterocycles. The van der Waals surface area contributed by atoms with Crippen molar-refractivity contribution < 1.29 is 4.74 Å². The summed E-state index contributed by atoms with van der Waals surface area (Å²) in [7, 11) is 0. The number of benzene rings is 2. The molecule has 112 valence electrons. The molecule has 2 unspecified atom stereocenters. The van der Waals surface area contributed by atoms with E-state index < -0.39 is 0 Å². The smallest absolute Gasteiger partial charge is 0.102 e. The molecule has 0 saturated carbocycles. The van der Waals surface area contributed by atoms with Gasteiger partial charge in [0, 0.05) is 0 Å². The Morgan fingerprint density at radius 1 is 0.652 bits per heavy atom. The Labute approximate surface area is 136 Å². The van der Waals surface area contributed by atoms with Crippen molar-refractivity contribution in [3.63, 3.8) is 0 Å². The minimum Gasteiger partial charge on any atom is -0.357 e. The minimum absolute atomic E-state index is 0.124. The molecule has 0 aromatic heterocycles. The van der Waals surface area contributed by atoms with Gasteiger partial charge in [0.15, 0.2) is 0 Å². The Kier molecular flexibility index (Phi) is 3.36. The van der Waals surface area contributed by atoms with Crippen molar-refractivity contribution >= 4 is 23.3 Å². The Balaban J connectivity index is 1.59. The van der Waals surface area contributed by atoms with Crippen LogP contribution in [0.1, 0.15) is 22.3 Å². The molecule has 0 spiro atoms. The Morgan fingerprint density at radius 2 is 1.09 bits per heavy atom. The van der Waals surface area contributed by atoms with Crippen LogP contribution >= 0.6 is 0 Å². The molecule has 1 heteroatoms. The second kappa shape index (κ2) is 5.53. The van der Waals surface area contributed by atoms with E-state index in [0.29, 0.717) is 0 Å². The van der Waals surface area contributed by atoms with Crippen LogP contribution in [0.15, 0.2) is 73.8 Å². The zero-order valence-corrected chi connectivity index (χ0v) is 12.9. The summed E-state index contributed by atoms with van der Waals surface area (Å²) in [6.45, 7) is 8.48. The van der Waals surface area contributed by atoms with Gasteiger partial charge in [0.1, 0.15) is 12.2 Å². The van der Waals surface area contributed by atoms with Crippen LogP contribution in [0, 0.1) is 0 Å². The van der Waals surface area contributed by atoms with Gasteiger partial charge < -0.3 is 4.74 Å². The van der Waals surface area contributed by atoms with E-state index in [9.17, 15) is 0 Å². The first-order valence-corrected chi connectivity index (χ1v) is 7.82. The van der Waals surface area contributed by atoms with Crippen LogP contribution in [0.2, 0.25) is 0 Å². The number of fused-ring (bicyclic) bond motifs is 2. The molecule has 23 heavy (non-hydrogen) atoms. The van der Waals surface area contributed by atoms with Crippen LogP contribution in [0.4, 0.5) is 0 Å². The van der Waals surface area contributed by atoms with Crippen LogP contribution in [0.3, 0.4) is 0 Å². The van der Waals surface area contributed by atoms with Crippen LogP contribution in [0.5, 0.6) is 0 Å². The molecule has 0 fully saturated rings. The normalized spacial score (nSPS) is 21.9. The third kappa shape index (κ3) is 2.39. The average Bonchev–Trinajstić information content (AvgIpc) is 2.60. The van der Waals surface area contributed by atoms with E-state index in [4.69, 9.17) is 4.74 Å². The highest BCUT2D eigenvalue weighted by molar-refractivity contribution is 5.83. The highest BCUT2D eigenvalue weighted by atomic mass is 16.5. The molecule has 0 amide bonds. The molecule has 0 aliphatic heterocycles. The highest BCUT2D eigenvalue weighted by Gasteiger charge is 2.25. The van der Waals surface area contributed by atoms with Crippen LogP contribution in [-0.4, -0.2) is 12.2 Å². The van der Waals surface area contributed by atoms with Gasteiger partial charge in [0.2, 0.25) is 0 Å². The first-order valence-electron chi connectivity index (χ1n) is 7.82. The van der Waals surface area contributed by atoms with Crippen LogP contribution in [0.25, 0.3) is 23.3 Å². The molecular formula is C22H18O. The molecule has 4 rings (SSSR count). The van der Waals surface area contributed by atoms with Gasteiger partial charge >= 0.3 is 0 Å². The summed E-state index contributed by atoms with van der Waals surface area (Å²) >= 11 is 0. The molecule has 2 aromatic rings. The summed E-state index contributed by atoms with van der Waals surface area (Å²) in [5.74, 6) is 0. The monoisotopic (exact) mass is 298 g/mol. The number of ether oxygens (including phenoxy) is 1. The molecule has 0 radical (unpaired) electrons. The molecule has 2 atom stereocenters. The summed E-state index contributed by atoms with van der Waals surface area (Å²) < 4.78 is 6.30. The van der Waals surface area contributed by atoms with Crippen LogP contribution < -0.4 is 0 Å². The second-order valence-corrected chi connectivity index (χ2v) is 5.92. The third-order valence-electron chi connectivity index (χ3n) is 4.49. The van der Waals surface area contributed by atoms with E-state index in [1.807, 2.05) is 24.3 Å². The molecule has 1 nitrogen and oxygen atoms in total. The SMILES string of the molecule is C=C1c2ccccc2C=CC1OC1C=Cc2ccccc2C1=C. The quantitative estimate of drug-likeness (QED) is 0.738. The van der Waals surface area contributed by atoms with Gasteiger partial charge in [0.25, 0.3) is 0 Å². The van der Waals surface area contributed by atoms with E-state index in [1.165, 1.54) is 11.1 Å². The van der Waals surface area contributed by atoms with Crippen molar-refractivity contribution in [2.75, 3.05) is 0 Å². The fourth-order valence-corrected chi connectivity index (χ4v) is 3.20. The van der Waals surface area contributed by atoms with E-state index in [2.05, 4.69) is 61.7 Å². The van der Waals surface area contributed by atoms with Gasteiger partial charge in [0.05, 0.1) is 0 Å². The largest absolute Gasteiger partial charge is 0.357 e. The van der Waals surface area contributed by atoms with Gasteiger partial charge in [-0.05, 0) is 33.4 Å². The summed E-state index contributed by atoms with van der Waals surface area (Å²) in [5.41, 5.74) is 6.71. The molecule has 2 aromatic carbocycles. The maximum Gasteiger partial charge on any atom is 0.102 e. The molecule has 0 saturated heterocycles. The van der Waals surface area contributed by atoms with Crippen molar-refractivity contribution in [2.45, 2.75) is 12.2 Å². The first-order chi connectivity index (χ1) is 11.2. The lowest BCUT2D eigenvalue weighted by atomic mass is 9.89. The summed E-state index contributed by atoms with van der Waals surface area (Å²) in [6.07, 6.45) is 8.12. The number of hydrogen-bond acceptors (Lipinski definition) is 1. The van der Waals surface area contributed by atoms with Gasteiger partial charge in [-0.1, -0.05) is 86.0 Å². The highest BCUT2D eigenvalue weighted by Crippen LogP contribution is 2.34. The standard InChI is InChI=1S/C22H18O/c1-15-19-9-5-3-7-17(19)11-13-21(15)23-22-14-12-18-8-4-6-10-20(18)16(22)2/h3-14,21-22H,1-2H2. The lowest BCUT2D eigenvalue weighted by Gasteiger charge is -2.29. The van der Waals surface area contributed by atoms with Gasteiger partial charge in [-0.15, -0.1) is 0 Å². The lowest BCUT2D eigenvalue weighted by molar-refractivity contribution is 0.108. The molecule has 2 aliphatic rings. The van der Waals surface area contributed by atoms with Crippen molar-refractivity contribution in [2.24, 2.45) is 0 Å². The Hall–Kier alpha value is -2.64. The second-order valence-electron chi connectivity index (χ2n) is 5.92. The number of rotatable bonds is 2. The van der Waals surface area contributed by atoms with E-state index in [-0.39, 0.29) is 12.2 Å². The van der Waals surface area contributed by atoms with E-state index >= 15 is 0 Å². The zero-order valence-electron chi connectivity index (χ0n) is 12.9. The Morgan fingerprint density at radius 3 is 1.57 bits per heavy atom. The number of hydrogen-bond donors (Lipinski definition) is 0. The van der Waals surface area contributed by atoms with Crippen molar-refractivity contribution in [3.8, 4) is 0 Å². The van der Waals surface area contributed by atoms with Gasteiger partial charge in [-0.25, -0.2) is 0 Å². The molecule has 0 N–H and O–H groups in total. The summed E-state index contributed by atoms with van der Waals surface area (Å²) in [5, 5.41) is 0. The van der Waals surface area contributed by atoms with Crippen molar-refractivity contribution in [3.05, 3.63) is 96.1 Å². The van der Waals surface area contributed by atoms with Crippen LogP contribution in [-0.2, 0) is 4.74 Å². The fraction of sp³-hybridized carbons (Fsp3) is 0.0909. The van der Waals surface area contributed by atoms with Crippen molar-refractivity contribution in [1.29, 1.82) is 0 Å². The van der Waals surface area contributed by atoms with E-state index in [1.54, 1.807) is 0 Å². The molecule has 0 bridgehead atoms. The summed E-state index contributed by atoms with van der Waals surface area (Å²) in [6, 6.07) is 16.6. The fourth-order valence-electron chi connectivity index (χ4n) is 3.20. The van der Waals surface area contributed by atoms with E-state index in [0.717, 1.165) is 22.3 Å². The maximum atomic E-state index is 6.30. The van der Waals surface area contributed by atoms with Gasteiger partial charge in [-0.3, -0.25) is 0 Å². The average molecular weight is 298 g/mol.